The zero-order valence-corrected chi connectivity index (χ0v) is 23.6. The molecule has 0 fully saturated rings. The molecule has 0 radical (unpaired) electrons. The predicted molar refractivity (Wildman–Crippen MR) is 158 cm³/mol. The van der Waals surface area contributed by atoms with Crippen LogP contribution in [0.5, 0.6) is 11.5 Å². The highest BCUT2D eigenvalue weighted by Crippen LogP contribution is 2.43. The number of nitrogens with zero attached hydrogens (tertiary/aromatic N) is 1. The molecule has 0 bridgehead atoms. The normalized spacial score (nSPS) is 14.4. The van der Waals surface area contributed by atoms with E-state index in [1.807, 2.05) is 72.8 Å². The number of halogens is 1. The quantitative estimate of drug-likeness (QED) is 0.195. The largest absolute Gasteiger partial charge is 0.493 e. The number of hydrogen-bond donors (Lipinski definition) is 0. The minimum absolute atomic E-state index is 0.0489. The van der Waals surface area contributed by atoms with Gasteiger partial charge in [0.15, 0.2) is 16.9 Å². The standard InChI is InChI=1S/C33H26BrNO5/c1-3-20-9-13-24(14-10-20)35-30(29-31(36)25-18-23(34)12-16-26(25)40-32(29)33(35)37)22-11-15-27(28(17-22)38-2)39-19-21-7-5-4-6-8-21/h4-18,30H,3,19H2,1-2H3. The average Bonchev–Trinajstić information content (AvgIpc) is 3.29. The Morgan fingerprint density at radius 3 is 2.38 bits per heavy atom. The van der Waals surface area contributed by atoms with Gasteiger partial charge < -0.3 is 13.9 Å². The van der Waals surface area contributed by atoms with Crippen molar-refractivity contribution in [1.82, 2.24) is 0 Å². The molecule has 0 spiro atoms. The molecule has 0 aliphatic carbocycles. The van der Waals surface area contributed by atoms with Crippen molar-refractivity contribution in [1.29, 1.82) is 0 Å². The van der Waals surface area contributed by atoms with Gasteiger partial charge in [0.05, 0.1) is 24.1 Å². The SMILES string of the molecule is CCc1ccc(N2C(=O)c3oc4ccc(Br)cc4c(=O)c3C2c2ccc(OCc3ccccc3)c(OC)c2)cc1. The maximum absolute atomic E-state index is 13.9. The molecule has 0 saturated heterocycles. The van der Waals surface area contributed by atoms with E-state index < -0.39 is 6.04 Å². The fourth-order valence-corrected chi connectivity index (χ4v) is 5.49. The highest BCUT2D eigenvalue weighted by molar-refractivity contribution is 9.10. The molecule has 1 amide bonds. The average molecular weight is 596 g/mol. The van der Waals surface area contributed by atoms with Crippen molar-refractivity contribution in [2.24, 2.45) is 0 Å². The van der Waals surface area contributed by atoms with Gasteiger partial charge in [-0.1, -0.05) is 71.4 Å². The minimum atomic E-state index is -0.716. The smallest absolute Gasteiger partial charge is 0.295 e. The fraction of sp³-hybridized carbons (Fsp3) is 0.152. The summed E-state index contributed by atoms with van der Waals surface area (Å²) in [6, 6.07) is 27.7. The van der Waals surface area contributed by atoms with Crippen molar-refractivity contribution in [3.8, 4) is 11.5 Å². The van der Waals surface area contributed by atoms with Gasteiger partial charge in [0, 0.05) is 10.2 Å². The second-order valence-corrected chi connectivity index (χ2v) is 10.5. The number of ether oxygens (including phenoxy) is 2. The summed E-state index contributed by atoms with van der Waals surface area (Å²) in [7, 11) is 1.57. The first kappa shape index (κ1) is 25.9. The number of aryl methyl sites for hydroxylation is 1. The summed E-state index contributed by atoms with van der Waals surface area (Å²) < 4.78 is 18.6. The van der Waals surface area contributed by atoms with Crippen LogP contribution in [0.4, 0.5) is 5.69 Å². The summed E-state index contributed by atoms with van der Waals surface area (Å²) in [4.78, 5) is 29.5. The van der Waals surface area contributed by atoms with Gasteiger partial charge in [-0.05, 0) is 65.6 Å². The molecule has 1 unspecified atom stereocenters. The lowest BCUT2D eigenvalue weighted by Crippen LogP contribution is -2.29. The molecule has 5 aromatic rings. The molecule has 1 aliphatic heterocycles. The number of anilines is 1. The Kier molecular flexibility index (Phi) is 6.90. The van der Waals surface area contributed by atoms with Crippen LogP contribution in [0.2, 0.25) is 0 Å². The molecule has 7 heteroatoms. The maximum atomic E-state index is 13.9. The Morgan fingerprint density at radius 1 is 0.875 bits per heavy atom. The molecule has 1 aliphatic rings. The van der Waals surface area contributed by atoms with Crippen LogP contribution in [0.3, 0.4) is 0 Å². The zero-order chi connectivity index (χ0) is 27.8. The zero-order valence-electron chi connectivity index (χ0n) is 22.0. The van der Waals surface area contributed by atoms with Crippen molar-refractivity contribution in [2.45, 2.75) is 26.0 Å². The summed E-state index contributed by atoms with van der Waals surface area (Å²) in [6.07, 6.45) is 0.875. The number of fused-ring (bicyclic) bond motifs is 2. The summed E-state index contributed by atoms with van der Waals surface area (Å²) in [6.45, 7) is 2.45. The topological polar surface area (TPSA) is 69.0 Å². The van der Waals surface area contributed by atoms with Crippen LogP contribution in [0, 0.1) is 0 Å². The third-order valence-electron chi connectivity index (χ3n) is 7.20. The van der Waals surface area contributed by atoms with Crippen LogP contribution in [0.15, 0.2) is 105 Å². The van der Waals surface area contributed by atoms with Gasteiger partial charge in [-0.2, -0.15) is 0 Å². The number of hydrogen-bond acceptors (Lipinski definition) is 5. The van der Waals surface area contributed by atoms with Crippen LogP contribution in [-0.2, 0) is 13.0 Å². The van der Waals surface area contributed by atoms with E-state index in [4.69, 9.17) is 13.9 Å². The number of amides is 1. The van der Waals surface area contributed by atoms with E-state index in [1.165, 1.54) is 0 Å². The van der Waals surface area contributed by atoms with Crippen LogP contribution in [0.25, 0.3) is 11.0 Å². The molecule has 1 atom stereocenters. The summed E-state index contributed by atoms with van der Waals surface area (Å²) in [5, 5.41) is 0.406. The van der Waals surface area contributed by atoms with E-state index in [0.717, 1.165) is 22.0 Å². The van der Waals surface area contributed by atoms with E-state index in [1.54, 1.807) is 30.2 Å². The van der Waals surface area contributed by atoms with Gasteiger partial charge in [0.1, 0.15) is 12.2 Å². The maximum Gasteiger partial charge on any atom is 0.295 e. The lowest BCUT2D eigenvalue weighted by molar-refractivity contribution is 0.0971. The molecular formula is C33H26BrNO5. The molecule has 6 nitrogen and oxygen atoms in total. The Hall–Kier alpha value is -4.36. The summed E-state index contributed by atoms with van der Waals surface area (Å²) in [5.74, 6) is 0.749. The number of carbonyl (C=O) groups excluding carboxylic acids is 1. The third kappa shape index (κ3) is 4.56. The van der Waals surface area contributed by atoms with Crippen LogP contribution < -0.4 is 19.8 Å². The first-order chi connectivity index (χ1) is 19.5. The monoisotopic (exact) mass is 595 g/mol. The Bertz CT molecular complexity index is 1780. The summed E-state index contributed by atoms with van der Waals surface area (Å²) in [5.41, 5.74) is 3.98. The number of benzene rings is 4. The molecule has 1 aromatic heterocycles. The first-order valence-electron chi connectivity index (χ1n) is 13.0. The molecule has 4 aromatic carbocycles. The van der Waals surface area contributed by atoms with Crippen molar-refractivity contribution in [2.75, 3.05) is 12.0 Å². The molecule has 200 valence electrons. The van der Waals surface area contributed by atoms with Gasteiger partial charge in [0.25, 0.3) is 5.91 Å². The Morgan fingerprint density at radius 2 is 1.65 bits per heavy atom. The van der Waals surface area contributed by atoms with E-state index in [0.29, 0.717) is 45.9 Å². The van der Waals surface area contributed by atoms with E-state index >= 15 is 0 Å². The molecule has 6 rings (SSSR count). The number of rotatable bonds is 7. The van der Waals surface area contributed by atoms with Crippen LogP contribution in [0.1, 0.15) is 45.8 Å². The molecule has 0 N–H and O–H groups in total. The molecule has 2 heterocycles. The van der Waals surface area contributed by atoms with E-state index in [-0.39, 0.29) is 17.1 Å². The summed E-state index contributed by atoms with van der Waals surface area (Å²) >= 11 is 3.45. The predicted octanol–water partition coefficient (Wildman–Crippen LogP) is 7.46. The number of carbonyl (C=O) groups is 1. The van der Waals surface area contributed by atoms with Gasteiger partial charge in [-0.3, -0.25) is 14.5 Å². The lowest BCUT2D eigenvalue weighted by Gasteiger charge is -2.26. The second kappa shape index (κ2) is 10.7. The van der Waals surface area contributed by atoms with Crippen molar-refractivity contribution >= 4 is 38.5 Å². The van der Waals surface area contributed by atoms with Crippen molar-refractivity contribution in [3.63, 3.8) is 0 Å². The van der Waals surface area contributed by atoms with E-state index in [2.05, 4.69) is 22.9 Å². The minimum Gasteiger partial charge on any atom is -0.493 e. The van der Waals surface area contributed by atoms with Gasteiger partial charge in [0.2, 0.25) is 5.76 Å². The fourth-order valence-electron chi connectivity index (χ4n) is 5.13. The molecular weight excluding hydrogens is 570 g/mol. The molecule has 0 saturated carbocycles. The highest BCUT2D eigenvalue weighted by atomic mass is 79.9. The Labute approximate surface area is 239 Å². The van der Waals surface area contributed by atoms with Gasteiger partial charge in [-0.25, -0.2) is 0 Å². The second-order valence-electron chi connectivity index (χ2n) is 9.60. The van der Waals surface area contributed by atoms with Gasteiger partial charge >= 0.3 is 0 Å². The first-order valence-corrected chi connectivity index (χ1v) is 13.8. The van der Waals surface area contributed by atoms with Crippen LogP contribution >= 0.6 is 15.9 Å². The highest BCUT2D eigenvalue weighted by Gasteiger charge is 2.44. The Balaban J connectivity index is 1.49. The van der Waals surface area contributed by atoms with Crippen molar-refractivity contribution in [3.05, 3.63) is 134 Å². The van der Waals surface area contributed by atoms with Crippen LogP contribution in [-0.4, -0.2) is 13.0 Å². The molecule has 40 heavy (non-hydrogen) atoms. The van der Waals surface area contributed by atoms with E-state index in [9.17, 15) is 9.59 Å². The van der Waals surface area contributed by atoms with Gasteiger partial charge in [-0.15, -0.1) is 0 Å². The van der Waals surface area contributed by atoms with Crippen molar-refractivity contribution < 1.29 is 18.7 Å². The number of methoxy groups -OCH3 is 1. The lowest BCUT2D eigenvalue weighted by atomic mass is 9.97. The third-order valence-corrected chi connectivity index (χ3v) is 7.69.